The van der Waals surface area contributed by atoms with Crippen molar-refractivity contribution in [3.8, 4) is 11.4 Å². The van der Waals surface area contributed by atoms with Crippen LogP contribution in [0.25, 0.3) is 11.4 Å². The predicted molar refractivity (Wildman–Crippen MR) is 88.3 cm³/mol. The minimum absolute atomic E-state index is 0.584. The Balaban J connectivity index is 2.12. The van der Waals surface area contributed by atoms with Gasteiger partial charge in [0.25, 0.3) is 0 Å². The number of nitrogens with one attached hydrogen (secondary N) is 1. The number of aromatic nitrogens is 2. The van der Waals surface area contributed by atoms with Crippen LogP contribution >= 0.6 is 23.2 Å². The second kappa shape index (κ2) is 6.20. The molecule has 110 valence electrons. The topological polar surface area (TPSA) is 37.8 Å². The molecule has 1 aliphatic carbocycles. The fourth-order valence-corrected chi connectivity index (χ4v) is 3.19. The van der Waals surface area contributed by atoms with Crippen molar-refractivity contribution in [2.45, 2.75) is 32.6 Å². The normalized spacial score (nSPS) is 13.9. The Bertz CT molecular complexity index is 671. The Morgan fingerprint density at radius 1 is 1.14 bits per heavy atom. The summed E-state index contributed by atoms with van der Waals surface area (Å²) in [5, 5.41) is 4.56. The zero-order valence-corrected chi connectivity index (χ0v) is 13.4. The summed E-state index contributed by atoms with van der Waals surface area (Å²) in [6, 6.07) is 5.43. The maximum absolute atomic E-state index is 6.29. The summed E-state index contributed by atoms with van der Waals surface area (Å²) in [5.74, 6) is 1.62. The van der Waals surface area contributed by atoms with Crippen molar-refractivity contribution in [2.75, 3.05) is 11.9 Å². The average Bonchev–Trinajstić information content (AvgIpc) is 2.47. The van der Waals surface area contributed by atoms with Crippen LogP contribution in [0.1, 0.15) is 31.0 Å². The monoisotopic (exact) mass is 321 g/mol. The fourth-order valence-electron chi connectivity index (χ4n) is 2.70. The van der Waals surface area contributed by atoms with Crippen molar-refractivity contribution in [2.24, 2.45) is 0 Å². The molecular formula is C16H17Cl2N3. The number of halogens is 2. The summed E-state index contributed by atoms with van der Waals surface area (Å²) >= 11 is 12.3. The Morgan fingerprint density at radius 2 is 1.95 bits per heavy atom. The molecule has 5 heteroatoms. The van der Waals surface area contributed by atoms with Crippen molar-refractivity contribution in [1.82, 2.24) is 9.97 Å². The number of hydrogen-bond acceptors (Lipinski definition) is 3. The van der Waals surface area contributed by atoms with Crippen molar-refractivity contribution in [1.29, 1.82) is 0 Å². The molecule has 2 aromatic rings. The van der Waals surface area contributed by atoms with Gasteiger partial charge in [0.05, 0.1) is 5.02 Å². The molecule has 0 saturated heterocycles. The van der Waals surface area contributed by atoms with Gasteiger partial charge in [-0.2, -0.15) is 0 Å². The minimum atomic E-state index is 0.584. The van der Waals surface area contributed by atoms with Gasteiger partial charge in [-0.15, -0.1) is 0 Å². The Labute approximate surface area is 134 Å². The van der Waals surface area contributed by atoms with Crippen LogP contribution in [0.15, 0.2) is 18.2 Å². The highest BCUT2D eigenvalue weighted by Crippen LogP contribution is 2.32. The third-order valence-electron chi connectivity index (χ3n) is 3.70. The quantitative estimate of drug-likeness (QED) is 0.885. The first-order chi connectivity index (χ1) is 10.2. The second-order valence-electron chi connectivity index (χ2n) is 5.18. The number of hydrogen-bond donors (Lipinski definition) is 1. The minimum Gasteiger partial charge on any atom is -0.370 e. The van der Waals surface area contributed by atoms with Crippen molar-refractivity contribution >= 4 is 29.0 Å². The average molecular weight is 322 g/mol. The largest absolute Gasteiger partial charge is 0.370 e. The van der Waals surface area contributed by atoms with Crippen molar-refractivity contribution in [3.63, 3.8) is 0 Å². The summed E-state index contributed by atoms with van der Waals surface area (Å²) in [6.07, 6.45) is 4.44. The number of anilines is 1. The van der Waals surface area contributed by atoms with E-state index in [0.717, 1.165) is 36.5 Å². The molecule has 0 bridgehead atoms. The zero-order chi connectivity index (χ0) is 14.8. The van der Waals surface area contributed by atoms with E-state index in [0.29, 0.717) is 15.9 Å². The first kappa shape index (κ1) is 14.6. The van der Waals surface area contributed by atoms with Crippen LogP contribution in [0.4, 0.5) is 5.82 Å². The summed E-state index contributed by atoms with van der Waals surface area (Å²) in [7, 11) is 0. The molecule has 1 aromatic heterocycles. The molecule has 0 aliphatic heterocycles. The van der Waals surface area contributed by atoms with Crippen molar-refractivity contribution < 1.29 is 0 Å². The van der Waals surface area contributed by atoms with Crippen LogP contribution in [0, 0.1) is 0 Å². The van der Waals surface area contributed by atoms with Crippen LogP contribution in [-0.2, 0) is 12.8 Å². The standard InChI is InChI=1S/C16H17Cl2N3/c1-2-19-15-12-5-3-4-6-14(12)20-16(21-15)11-8-7-10(17)9-13(11)18/h7-9H,2-6H2,1H3,(H,19,20,21). The van der Waals surface area contributed by atoms with Gasteiger partial charge in [0, 0.05) is 28.4 Å². The van der Waals surface area contributed by atoms with Gasteiger partial charge >= 0.3 is 0 Å². The van der Waals surface area contributed by atoms with Gasteiger partial charge in [0.1, 0.15) is 5.82 Å². The lowest BCUT2D eigenvalue weighted by Gasteiger charge is -2.19. The molecule has 21 heavy (non-hydrogen) atoms. The summed E-state index contributed by atoms with van der Waals surface area (Å²) in [4.78, 5) is 9.43. The molecule has 0 saturated carbocycles. The predicted octanol–water partition coefficient (Wildman–Crippen LogP) is 4.76. The molecule has 1 N–H and O–H groups in total. The maximum atomic E-state index is 6.29. The van der Waals surface area contributed by atoms with Crippen molar-refractivity contribution in [3.05, 3.63) is 39.5 Å². The molecule has 0 radical (unpaired) electrons. The van der Waals surface area contributed by atoms with E-state index in [1.807, 2.05) is 12.1 Å². The lowest BCUT2D eigenvalue weighted by atomic mass is 9.96. The Morgan fingerprint density at radius 3 is 2.71 bits per heavy atom. The molecule has 3 nitrogen and oxygen atoms in total. The molecule has 0 unspecified atom stereocenters. The Kier molecular flexibility index (Phi) is 4.32. The lowest BCUT2D eigenvalue weighted by molar-refractivity contribution is 0.665. The smallest absolute Gasteiger partial charge is 0.163 e. The number of aryl methyl sites for hydroxylation is 1. The molecule has 1 heterocycles. The van der Waals surface area contributed by atoms with E-state index in [-0.39, 0.29) is 0 Å². The van der Waals surface area contributed by atoms with E-state index in [9.17, 15) is 0 Å². The molecule has 3 rings (SSSR count). The van der Waals surface area contributed by atoms with E-state index < -0.39 is 0 Å². The van der Waals surface area contributed by atoms with Crippen LogP contribution in [0.3, 0.4) is 0 Å². The van der Waals surface area contributed by atoms with E-state index in [2.05, 4.69) is 17.2 Å². The van der Waals surface area contributed by atoms with Gasteiger partial charge in [-0.3, -0.25) is 0 Å². The molecular weight excluding hydrogens is 305 g/mol. The maximum Gasteiger partial charge on any atom is 0.163 e. The zero-order valence-electron chi connectivity index (χ0n) is 11.9. The molecule has 0 fully saturated rings. The highest BCUT2D eigenvalue weighted by Gasteiger charge is 2.19. The lowest BCUT2D eigenvalue weighted by Crippen LogP contribution is -2.13. The number of nitrogens with zero attached hydrogens (tertiary/aromatic N) is 2. The van der Waals surface area contributed by atoms with Gasteiger partial charge in [-0.25, -0.2) is 9.97 Å². The van der Waals surface area contributed by atoms with E-state index >= 15 is 0 Å². The van der Waals surface area contributed by atoms with E-state index in [1.165, 1.54) is 18.4 Å². The molecule has 1 aromatic carbocycles. The van der Waals surface area contributed by atoms with Gasteiger partial charge < -0.3 is 5.32 Å². The molecule has 0 atom stereocenters. The first-order valence-electron chi connectivity index (χ1n) is 7.28. The third kappa shape index (κ3) is 2.99. The molecule has 1 aliphatic rings. The van der Waals surface area contributed by atoms with Gasteiger partial charge in [-0.1, -0.05) is 23.2 Å². The first-order valence-corrected chi connectivity index (χ1v) is 8.03. The second-order valence-corrected chi connectivity index (χ2v) is 6.03. The summed E-state index contributed by atoms with van der Waals surface area (Å²) in [5.41, 5.74) is 3.23. The number of rotatable bonds is 3. The fraction of sp³-hybridized carbons (Fsp3) is 0.375. The van der Waals surface area contributed by atoms with E-state index in [4.69, 9.17) is 28.2 Å². The Hall–Kier alpha value is -1.32. The number of fused-ring (bicyclic) bond motifs is 1. The molecule has 0 amide bonds. The molecule has 0 spiro atoms. The van der Waals surface area contributed by atoms with Gasteiger partial charge in [0.15, 0.2) is 5.82 Å². The van der Waals surface area contributed by atoms with Gasteiger partial charge in [-0.05, 0) is 50.8 Å². The van der Waals surface area contributed by atoms with Gasteiger partial charge in [0.2, 0.25) is 0 Å². The van der Waals surface area contributed by atoms with E-state index in [1.54, 1.807) is 6.07 Å². The van der Waals surface area contributed by atoms with Crippen LogP contribution in [-0.4, -0.2) is 16.5 Å². The highest BCUT2D eigenvalue weighted by atomic mass is 35.5. The number of benzene rings is 1. The highest BCUT2D eigenvalue weighted by molar-refractivity contribution is 6.36. The summed E-state index contributed by atoms with van der Waals surface area (Å²) in [6.45, 7) is 2.92. The van der Waals surface area contributed by atoms with Crippen LogP contribution in [0.5, 0.6) is 0 Å². The summed E-state index contributed by atoms with van der Waals surface area (Å²) < 4.78 is 0. The van der Waals surface area contributed by atoms with Crippen LogP contribution in [0.2, 0.25) is 10.0 Å². The van der Waals surface area contributed by atoms with Crippen LogP contribution < -0.4 is 5.32 Å². The third-order valence-corrected chi connectivity index (χ3v) is 4.25. The SMILES string of the molecule is CCNc1nc(-c2ccc(Cl)cc2Cl)nc2c1CCCC2.